The van der Waals surface area contributed by atoms with Gasteiger partial charge in [0.1, 0.15) is 12.3 Å². The van der Waals surface area contributed by atoms with Crippen molar-refractivity contribution >= 4 is 37.5 Å². The number of anilines is 1. The summed E-state index contributed by atoms with van der Waals surface area (Å²) in [6.45, 7) is 7.73. The molecule has 0 aromatic heterocycles. The lowest BCUT2D eigenvalue weighted by Crippen LogP contribution is -2.41. The summed E-state index contributed by atoms with van der Waals surface area (Å²) in [6, 6.07) is 10.6. The van der Waals surface area contributed by atoms with E-state index in [-0.39, 0.29) is 24.4 Å². The van der Waals surface area contributed by atoms with Crippen molar-refractivity contribution in [3.63, 3.8) is 0 Å². The highest BCUT2D eigenvalue weighted by atomic mass is 79.9. The molecule has 6 nitrogen and oxygen atoms in total. The SMILES string of the molecule is COc1cc(C)c([C@H](C)NC(=O)CN(c2cccc(Br)c2)S(C)(=O)=O)cc1C(C)C. The van der Waals surface area contributed by atoms with Crippen LogP contribution in [0.2, 0.25) is 0 Å². The minimum atomic E-state index is -3.63. The number of carbonyl (C=O) groups excluding carboxylic acids is 1. The van der Waals surface area contributed by atoms with Crippen molar-refractivity contribution in [2.75, 3.05) is 24.2 Å². The van der Waals surface area contributed by atoms with E-state index in [0.29, 0.717) is 5.69 Å². The van der Waals surface area contributed by atoms with Gasteiger partial charge in [0.05, 0.1) is 25.1 Å². The average Bonchev–Trinajstić information content (AvgIpc) is 2.64. The highest BCUT2D eigenvalue weighted by Gasteiger charge is 2.23. The number of amides is 1. The van der Waals surface area contributed by atoms with Gasteiger partial charge in [0, 0.05) is 4.47 Å². The molecule has 0 radical (unpaired) electrons. The number of carbonyl (C=O) groups is 1. The second kappa shape index (κ2) is 9.83. The van der Waals surface area contributed by atoms with Gasteiger partial charge in [-0.3, -0.25) is 9.10 Å². The fourth-order valence-electron chi connectivity index (χ4n) is 3.34. The largest absolute Gasteiger partial charge is 0.496 e. The number of nitrogens with one attached hydrogen (secondary N) is 1. The summed E-state index contributed by atoms with van der Waals surface area (Å²) in [5.74, 6) is 0.705. The molecule has 0 saturated carbocycles. The summed E-state index contributed by atoms with van der Waals surface area (Å²) < 4.78 is 31.9. The standard InChI is InChI=1S/C22H29BrN2O4S/c1-14(2)19-12-20(15(3)10-21(19)29-5)16(4)24-22(26)13-25(30(6,27)28)18-9-7-8-17(23)11-18/h7-12,14,16H,13H2,1-6H3,(H,24,26)/t16-/m0/s1. The van der Waals surface area contributed by atoms with Gasteiger partial charge in [-0.25, -0.2) is 8.42 Å². The number of methoxy groups -OCH3 is 1. The number of ether oxygens (including phenoxy) is 1. The number of nitrogens with zero attached hydrogens (tertiary/aromatic N) is 1. The number of sulfonamides is 1. The lowest BCUT2D eigenvalue weighted by molar-refractivity contribution is -0.120. The predicted octanol–water partition coefficient (Wildman–Crippen LogP) is 4.53. The Labute approximate surface area is 187 Å². The Morgan fingerprint density at radius 3 is 2.37 bits per heavy atom. The molecule has 8 heteroatoms. The van der Waals surface area contributed by atoms with Crippen LogP contribution < -0.4 is 14.4 Å². The molecule has 0 fully saturated rings. The molecule has 164 valence electrons. The van der Waals surface area contributed by atoms with Crippen LogP contribution in [0, 0.1) is 6.92 Å². The first-order chi connectivity index (χ1) is 13.9. The third-order valence-corrected chi connectivity index (χ3v) is 6.50. The van der Waals surface area contributed by atoms with Crippen molar-refractivity contribution < 1.29 is 17.9 Å². The van der Waals surface area contributed by atoms with Crippen molar-refractivity contribution in [3.05, 3.63) is 57.6 Å². The van der Waals surface area contributed by atoms with Gasteiger partial charge in [0.15, 0.2) is 0 Å². The maximum absolute atomic E-state index is 12.7. The second-order valence-electron chi connectivity index (χ2n) is 7.64. The van der Waals surface area contributed by atoms with Crippen molar-refractivity contribution in [1.29, 1.82) is 0 Å². The summed E-state index contributed by atoms with van der Waals surface area (Å²) in [5, 5.41) is 2.93. The first kappa shape index (κ1) is 24.2. The van der Waals surface area contributed by atoms with Gasteiger partial charge < -0.3 is 10.1 Å². The number of hydrogen-bond acceptors (Lipinski definition) is 4. The van der Waals surface area contributed by atoms with E-state index < -0.39 is 10.0 Å². The van der Waals surface area contributed by atoms with Crippen molar-refractivity contribution in [2.45, 2.75) is 39.7 Å². The van der Waals surface area contributed by atoms with Crippen LogP contribution >= 0.6 is 15.9 Å². The van der Waals surface area contributed by atoms with E-state index in [1.165, 1.54) is 0 Å². The third-order valence-electron chi connectivity index (χ3n) is 4.87. The average molecular weight is 497 g/mol. The third kappa shape index (κ3) is 5.98. The summed E-state index contributed by atoms with van der Waals surface area (Å²) in [5.41, 5.74) is 3.46. The van der Waals surface area contributed by atoms with Gasteiger partial charge in [0.25, 0.3) is 0 Å². The second-order valence-corrected chi connectivity index (χ2v) is 10.5. The first-order valence-corrected chi connectivity index (χ1v) is 12.3. The monoisotopic (exact) mass is 496 g/mol. The van der Waals surface area contributed by atoms with Crippen LogP contribution in [0.4, 0.5) is 5.69 Å². The molecule has 30 heavy (non-hydrogen) atoms. The molecule has 0 unspecified atom stereocenters. The minimum absolute atomic E-state index is 0.263. The van der Waals surface area contributed by atoms with Crippen LogP contribution in [-0.4, -0.2) is 34.2 Å². The maximum atomic E-state index is 12.7. The van der Waals surface area contributed by atoms with Gasteiger partial charge in [-0.05, 0) is 66.8 Å². The number of aryl methyl sites for hydroxylation is 1. The first-order valence-electron chi connectivity index (χ1n) is 9.65. The van der Waals surface area contributed by atoms with Gasteiger partial charge in [-0.15, -0.1) is 0 Å². The highest BCUT2D eigenvalue weighted by Crippen LogP contribution is 2.32. The molecular formula is C22H29BrN2O4S. The number of rotatable bonds is 8. The number of halogens is 1. The fourth-order valence-corrected chi connectivity index (χ4v) is 4.57. The van der Waals surface area contributed by atoms with Crippen LogP contribution in [0.15, 0.2) is 40.9 Å². The van der Waals surface area contributed by atoms with Gasteiger partial charge in [0.2, 0.25) is 15.9 Å². The van der Waals surface area contributed by atoms with Crippen LogP contribution in [0.1, 0.15) is 49.4 Å². The molecule has 0 aliphatic carbocycles. The molecule has 2 rings (SSSR count). The number of benzene rings is 2. The Balaban J connectivity index is 2.25. The van der Waals surface area contributed by atoms with Crippen LogP contribution in [0.3, 0.4) is 0 Å². The Bertz CT molecular complexity index is 1020. The fraction of sp³-hybridized carbons (Fsp3) is 0.409. The summed E-state index contributed by atoms with van der Waals surface area (Å²) in [6.07, 6.45) is 1.09. The number of hydrogen-bond donors (Lipinski definition) is 1. The quantitative estimate of drug-likeness (QED) is 0.582. The summed E-state index contributed by atoms with van der Waals surface area (Å²) in [7, 11) is -1.98. The summed E-state index contributed by atoms with van der Waals surface area (Å²) >= 11 is 3.34. The van der Waals surface area contributed by atoms with E-state index in [1.54, 1.807) is 31.4 Å². The van der Waals surface area contributed by atoms with Crippen molar-refractivity contribution in [2.24, 2.45) is 0 Å². The molecule has 2 aromatic rings. The van der Waals surface area contributed by atoms with Crippen molar-refractivity contribution in [3.8, 4) is 5.75 Å². The van der Waals surface area contributed by atoms with Gasteiger partial charge in [-0.1, -0.05) is 35.8 Å². The zero-order valence-corrected chi connectivity index (χ0v) is 20.6. The molecule has 0 spiro atoms. The molecule has 0 bridgehead atoms. The van der Waals surface area contributed by atoms with Crippen LogP contribution in [-0.2, 0) is 14.8 Å². The van der Waals surface area contributed by atoms with E-state index in [0.717, 1.165) is 37.5 Å². The summed E-state index contributed by atoms with van der Waals surface area (Å²) in [4.78, 5) is 12.7. The Hall–Kier alpha value is -2.06. The van der Waals surface area contributed by atoms with Crippen LogP contribution in [0.5, 0.6) is 5.75 Å². The highest BCUT2D eigenvalue weighted by molar-refractivity contribution is 9.10. The molecule has 0 heterocycles. The van der Waals surface area contributed by atoms with E-state index in [1.807, 2.05) is 26.0 Å². The molecule has 0 aliphatic rings. The zero-order chi connectivity index (χ0) is 22.6. The van der Waals surface area contributed by atoms with E-state index >= 15 is 0 Å². The molecule has 1 atom stereocenters. The minimum Gasteiger partial charge on any atom is -0.496 e. The van der Waals surface area contributed by atoms with Crippen LogP contribution in [0.25, 0.3) is 0 Å². The molecular weight excluding hydrogens is 468 g/mol. The van der Waals surface area contributed by atoms with E-state index in [9.17, 15) is 13.2 Å². The smallest absolute Gasteiger partial charge is 0.241 e. The Kier molecular flexibility index (Phi) is 7.93. The lowest BCUT2D eigenvalue weighted by atomic mass is 9.93. The van der Waals surface area contributed by atoms with E-state index in [4.69, 9.17) is 4.74 Å². The topological polar surface area (TPSA) is 75.7 Å². The molecule has 1 N–H and O–H groups in total. The maximum Gasteiger partial charge on any atom is 0.241 e. The molecule has 0 aliphatic heterocycles. The predicted molar refractivity (Wildman–Crippen MR) is 125 cm³/mol. The molecule has 2 aromatic carbocycles. The molecule has 1 amide bonds. The van der Waals surface area contributed by atoms with Crippen molar-refractivity contribution in [1.82, 2.24) is 5.32 Å². The zero-order valence-electron chi connectivity index (χ0n) is 18.2. The lowest BCUT2D eigenvalue weighted by Gasteiger charge is -2.24. The Morgan fingerprint density at radius 2 is 1.83 bits per heavy atom. The van der Waals surface area contributed by atoms with Gasteiger partial charge >= 0.3 is 0 Å². The molecule has 0 saturated heterocycles. The Morgan fingerprint density at radius 1 is 1.17 bits per heavy atom. The van der Waals surface area contributed by atoms with Gasteiger partial charge in [-0.2, -0.15) is 0 Å². The van der Waals surface area contributed by atoms with E-state index in [2.05, 4.69) is 35.1 Å². The normalized spacial score (nSPS) is 12.5.